The predicted octanol–water partition coefficient (Wildman–Crippen LogP) is 3.64. The van der Waals surface area contributed by atoms with E-state index >= 15 is 0 Å². The molecule has 0 unspecified atom stereocenters. The fraction of sp³-hybridized carbons (Fsp3) is 0.118. The topological polar surface area (TPSA) is 40.7 Å². The summed E-state index contributed by atoms with van der Waals surface area (Å²) in [6, 6.07) is 12.7. The molecule has 0 spiro atoms. The van der Waals surface area contributed by atoms with E-state index in [1.54, 1.807) is 24.4 Å². The third kappa shape index (κ3) is 3.38. The average Bonchev–Trinajstić information content (AvgIpc) is 2.97. The lowest BCUT2D eigenvalue weighted by Crippen LogP contribution is -2.13. The third-order valence-electron chi connectivity index (χ3n) is 3.38. The number of benzene rings is 2. The number of aromatic amines is 1. The minimum atomic E-state index is -0.269. The standard InChI is InChI=1S/C17H15F2N3/c18-15-6-4-13(5-7-15)17-14(11-21-22-17)10-20-9-12-2-1-3-16(19)8-12/h1-8,11,20H,9-10H2,(H,21,22). The normalized spacial score (nSPS) is 10.8. The molecule has 3 nitrogen and oxygen atoms in total. The first kappa shape index (κ1) is 14.4. The molecule has 0 aliphatic carbocycles. The van der Waals surface area contributed by atoms with Crippen LogP contribution in [0.15, 0.2) is 54.7 Å². The Hall–Kier alpha value is -2.53. The molecule has 0 radical (unpaired) electrons. The molecular weight excluding hydrogens is 284 g/mol. The van der Waals surface area contributed by atoms with Crippen molar-refractivity contribution in [2.24, 2.45) is 0 Å². The molecule has 1 heterocycles. The lowest BCUT2D eigenvalue weighted by Gasteiger charge is -2.06. The molecular formula is C17H15F2N3. The molecule has 3 rings (SSSR count). The van der Waals surface area contributed by atoms with Crippen LogP contribution in [-0.2, 0) is 13.1 Å². The van der Waals surface area contributed by atoms with E-state index in [9.17, 15) is 8.78 Å². The maximum absolute atomic E-state index is 13.1. The van der Waals surface area contributed by atoms with Crippen molar-refractivity contribution >= 4 is 0 Å². The Morgan fingerprint density at radius 2 is 1.77 bits per heavy atom. The third-order valence-corrected chi connectivity index (χ3v) is 3.38. The van der Waals surface area contributed by atoms with Gasteiger partial charge in [0.15, 0.2) is 0 Å². The molecule has 0 amide bonds. The van der Waals surface area contributed by atoms with Gasteiger partial charge in [0.2, 0.25) is 0 Å². The molecule has 0 fully saturated rings. The minimum absolute atomic E-state index is 0.241. The Kier molecular flexibility index (Phi) is 4.25. The molecule has 0 aliphatic heterocycles. The van der Waals surface area contributed by atoms with Crippen LogP contribution in [0.2, 0.25) is 0 Å². The summed E-state index contributed by atoms with van der Waals surface area (Å²) < 4.78 is 26.1. The monoisotopic (exact) mass is 299 g/mol. The Morgan fingerprint density at radius 3 is 2.55 bits per heavy atom. The summed E-state index contributed by atoms with van der Waals surface area (Å²) in [6.07, 6.45) is 1.73. The SMILES string of the molecule is Fc1ccc(-c2[nH]ncc2CNCc2cccc(F)c2)cc1. The second-order valence-electron chi connectivity index (χ2n) is 5.01. The van der Waals surface area contributed by atoms with Crippen LogP contribution < -0.4 is 5.32 Å². The van der Waals surface area contributed by atoms with E-state index in [1.807, 2.05) is 6.07 Å². The largest absolute Gasteiger partial charge is 0.308 e. The quantitative estimate of drug-likeness (QED) is 0.755. The van der Waals surface area contributed by atoms with Crippen molar-refractivity contribution in [3.8, 4) is 11.3 Å². The van der Waals surface area contributed by atoms with Gasteiger partial charge in [-0.15, -0.1) is 0 Å². The Morgan fingerprint density at radius 1 is 0.955 bits per heavy atom. The maximum atomic E-state index is 13.1. The number of H-pyrrole nitrogens is 1. The van der Waals surface area contributed by atoms with Crippen LogP contribution in [-0.4, -0.2) is 10.2 Å². The maximum Gasteiger partial charge on any atom is 0.123 e. The number of aromatic nitrogens is 2. The number of nitrogens with zero attached hydrogens (tertiary/aromatic N) is 1. The number of rotatable bonds is 5. The van der Waals surface area contributed by atoms with Gasteiger partial charge in [0.05, 0.1) is 11.9 Å². The molecule has 1 aromatic heterocycles. The molecule has 3 aromatic rings. The van der Waals surface area contributed by atoms with E-state index in [0.717, 1.165) is 22.4 Å². The summed E-state index contributed by atoms with van der Waals surface area (Å²) in [7, 11) is 0. The van der Waals surface area contributed by atoms with Crippen LogP contribution in [0, 0.1) is 11.6 Å². The van der Waals surface area contributed by atoms with Crippen molar-refractivity contribution in [3.63, 3.8) is 0 Å². The van der Waals surface area contributed by atoms with E-state index in [2.05, 4.69) is 15.5 Å². The van der Waals surface area contributed by atoms with Crippen molar-refractivity contribution in [1.29, 1.82) is 0 Å². The van der Waals surface area contributed by atoms with Crippen molar-refractivity contribution in [2.75, 3.05) is 0 Å². The van der Waals surface area contributed by atoms with Gasteiger partial charge >= 0.3 is 0 Å². The molecule has 2 aromatic carbocycles. The molecule has 22 heavy (non-hydrogen) atoms. The van der Waals surface area contributed by atoms with E-state index in [-0.39, 0.29) is 11.6 Å². The fourth-order valence-corrected chi connectivity index (χ4v) is 2.30. The lowest BCUT2D eigenvalue weighted by atomic mass is 10.1. The minimum Gasteiger partial charge on any atom is -0.308 e. The Labute approximate surface area is 127 Å². The highest BCUT2D eigenvalue weighted by Crippen LogP contribution is 2.21. The highest BCUT2D eigenvalue weighted by molar-refractivity contribution is 5.62. The zero-order valence-electron chi connectivity index (χ0n) is 11.8. The van der Waals surface area contributed by atoms with E-state index < -0.39 is 0 Å². The van der Waals surface area contributed by atoms with Crippen molar-refractivity contribution in [3.05, 3.63) is 77.5 Å². The van der Waals surface area contributed by atoms with Gasteiger partial charge in [0, 0.05) is 24.2 Å². The second-order valence-corrected chi connectivity index (χ2v) is 5.01. The molecule has 0 bridgehead atoms. The Balaban J connectivity index is 1.66. The molecule has 112 valence electrons. The number of hydrogen-bond donors (Lipinski definition) is 2. The zero-order valence-corrected chi connectivity index (χ0v) is 11.8. The van der Waals surface area contributed by atoms with Gasteiger partial charge in [-0.1, -0.05) is 12.1 Å². The van der Waals surface area contributed by atoms with Gasteiger partial charge in [-0.2, -0.15) is 5.10 Å². The first-order valence-corrected chi connectivity index (χ1v) is 6.96. The molecule has 0 aliphatic rings. The van der Waals surface area contributed by atoms with E-state index in [1.165, 1.54) is 24.3 Å². The van der Waals surface area contributed by atoms with Gasteiger partial charge in [0.1, 0.15) is 11.6 Å². The van der Waals surface area contributed by atoms with Crippen molar-refractivity contribution < 1.29 is 8.78 Å². The predicted molar refractivity (Wildman–Crippen MR) is 80.9 cm³/mol. The first-order chi connectivity index (χ1) is 10.7. The fourth-order valence-electron chi connectivity index (χ4n) is 2.30. The van der Waals surface area contributed by atoms with Gasteiger partial charge < -0.3 is 5.32 Å². The smallest absolute Gasteiger partial charge is 0.123 e. The number of hydrogen-bond acceptors (Lipinski definition) is 2. The van der Waals surface area contributed by atoms with Crippen LogP contribution in [0.25, 0.3) is 11.3 Å². The molecule has 0 saturated heterocycles. The molecule has 5 heteroatoms. The van der Waals surface area contributed by atoms with Crippen LogP contribution in [0.5, 0.6) is 0 Å². The van der Waals surface area contributed by atoms with Gasteiger partial charge in [-0.25, -0.2) is 8.78 Å². The van der Waals surface area contributed by atoms with Crippen molar-refractivity contribution in [1.82, 2.24) is 15.5 Å². The molecule has 0 atom stereocenters. The molecule has 0 saturated carbocycles. The van der Waals surface area contributed by atoms with Crippen LogP contribution in [0.3, 0.4) is 0 Å². The highest BCUT2D eigenvalue weighted by atomic mass is 19.1. The number of nitrogens with one attached hydrogen (secondary N) is 2. The van der Waals surface area contributed by atoms with Gasteiger partial charge in [-0.3, -0.25) is 5.10 Å². The van der Waals surface area contributed by atoms with E-state index in [4.69, 9.17) is 0 Å². The summed E-state index contributed by atoms with van der Waals surface area (Å²) in [5.41, 5.74) is 3.59. The Bertz CT molecular complexity index is 751. The first-order valence-electron chi connectivity index (χ1n) is 6.96. The summed E-state index contributed by atoms with van der Waals surface area (Å²) in [5.74, 6) is -0.511. The van der Waals surface area contributed by atoms with Crippen molar-refractivity contribution in [2.45, 2.75) is 13.1 Å². The van der Waals surface area contributed by atoms with Crippen LogP contribution in [0.4, 0.5) is 8.78 Å². The second kappa shape index (κ2) is 6.49. The summed E-state index contributed by atoms with van der Waals surface area (Å²) >= 11 is 0. The average molecular weight is 299 g/mol. The van der Waals surface area contributed by atoms with Gasteiger partial charge in [0.25, 0.3) is 0 Å². The van der Waals surface area contributed by atoms with E-state index in [0.29, 0.717) is 13.1 Å². The zero-order chi connectivity index (χ0) is 15.4. The highest BCUT2D eigenvalue weighted by Gasteiger charge is 2.07. The van der Waals surface area contributed by atoms with Gasteiger partial charge in [-0.05, 0) is 42.0 Å². The summed E-state index contributed by atoms with van der Waals surface area (Å²) in [4.78, 5) is 0. The summed E-state index contributed by atoms with van der Waals surface area (Å²) in [5, 5.41) is 10.2. The summed E-state index contributed by atoms with van der Waals surface area (Å²) in [6.45, 7) is 1.14. The van der Waals surface area contributed by atoms with Crippen LogP contribution in [0.1, 0.15) is 11.1 Å². The van der Waals surface area contributed by atoms with Crippen LogP contribution >= 0.6 is 0 Å². The molecule has 2 N–H and O–H groups in total. The lowest BCUT2D eigenvalue weighted by molar-refractivity contribution is 0.620. The number of halogens is 2.